The van der Waals surface area contributed by atoms with Crippen LogP contribution in [0.5, 0.6) is 17.2 Å². The van der Waals surface area contributed by atoms with Crippen LogP contribution >= 0.6 is 0 Å². The molecular weight excluding hydrogens is 307 g/mol. The van der Waals surface area contributed by atoms with Gasteiger partial charge in [-0.2, -0.15) is 0 Å². The van der Waals surface area contributed by atoms with E-state index in [1.165, 1.54) is 13.5 Å². The van der Waals surface area contributed by atoms with Crippen LogP contribution in [-0.2, 0) is 9.31 Å². The maximum Gasteiger partial charge on any atom is 0.498 e. The number of methoxy groups -OCH3 is 2. The van der Waals surface area contributed by atoms with Gasteiger partial charge in [0, 0.05) is 5.46 Å². The van der Waals surface area contributed by atoms with Crippen LogP contribution in [0.1, 0.15) is 33.6 Å². The highest BCUT2D eigenvalue weighted by atomic mass is 16.7. The number of phenolic OH excluding ortho intramolecular Hbond substituents is 1. The maximum atomic E-state index is 9.98. The number of benzene rings is 1. The monoisotopic (exact) mass is 332 g/mol. The topological polar surface area (TPSA) is 57.2 Å². The molecule has 4 atom stereocenters. The Morgan fingerprint density at radius 2 is 1.83 bits per heavy atom. The first-order valence-electron chi connectivity index (χ1n) is 8.60. The van der Waals surface area contributed by atoms with Crippen molar-refractivity contribution in [1.29, 1.82) is 0 Å². The lowest BCUT2D eigenvalue weighted by atomic mass is 9.43. The molecule has 3 aliphatic carbocycles. The van der Waals surface area contributed by atoms with Crippen molar-refractivity contribution in [3.05, 3.63) is 12.1 Å². The van der Waals surface area contributed by atoms with Gasteiger partial charge < -0.3 is 23.9 Å². The molecule has 1 aliphatic heterocycles. The van der Waals surface area contributed by atoms with E-state index in [0.717, 1.165) is 11.9 Å². The molecule has 0 amide bonds. The molecular formula is C18H25BO5. The summed E-state index contributed by atoms with van der Waals surface area (Å²) in [5.41, 5.74) is 0.789. The maximum absolute atomic E-state index is 9.98. The first kappa shape index (κ1) is 16.1. The highest BCUT2D eigenvalue weighted by molar-refractivity contribution is 6.63. The number of ether oxygens (including phenoxy) is 2. The zero-order valence-electron chi connectivity index (χ0n) is 15.0. The van der Waals surface area contributed by atoms with Crippen LogP contribution in [0.4, 0.5) is 0 Å². The standard InChI is InChI=1S/C18H25BO5/c1-17(2)10-8-13(17)18(3)14(9-10)23-19(24-18)11-6-7-12(20)16(22-5)15(11)21-4/h6-7,10,13-14,20H,8-9H2,1-5H3. The third-order valence-electron chi connectivity index (χ3n) is 6.73. The molecule has 4 fully saturated rings. The molecule has 5 nitrogen and oxygen atoms in total. The van der Waals surface area contributed by atoms with Crippen molar-refractivity contribution in [2.45, 2.75) is 45.3 Å². The predicted molar refractivity (Wildman–Crippen MR) is 91.0 cm³/mol. The van der Waals surface area contributed by atoms with E-state index in [0.29, 0.717) is 28.7 Å². The normalized spacial score (nSPS) is 36.0. The van der Waals surface area contributed by atoms with Gasteiger partial charge in [-0.1, -0.05) is 19.9 Å². The van der Waals surface area contributed by atoms with E-state index >= 15 is 0 Å². The van der Waals surface area contributed by atoms with Crippen molar-refractivity contribution in [2.75, 3.05) is 14.2 Å². The average molecular weight is 332 g/mol. The van der Waals surface area contributed by atoms with Crippen molar-refractivity contribution < 1.29 is 23.9 Å². The quantitative estimate of drug-likeness (QED) is 0.861. The molecule has 0 spiro atoms. The third-order valence-corrected chi connectivity index (χ3v) is 6.73. The van der Waals surface area contributed by atoms with E-state index in [-0.39, 0.29) is 17.5 Å². The molecule has 1 aromatic rings. The van der Waals surface area contributed by atoms with E-state index in [1.807, 2.05) is 0 Å². The molecule has 6 heteroatoms. The van der Waals surface area contributed by atoms with E-state index < -0.39 is 7.12 Å². The molecule has 1 saturated heterocycles. The molecule has 5 rings (SSSR count). The fraction of sp³-hybridized carbons (Fsp3) is 0.667. The second-order valence-electron chi connectivity index (χ2n) is 8.04. The average Bonchev–Trinajstić information content (AvgIpc) is 2.90. The molecule has 0 radical (unpaired) electrons. The molecule has 130 valence electrons. The minimum absolute atomic E-state index is 0.0446. The van der Waals surface area contributed by atoms with Crippen LogP contribution in [0, 0.1) is 17.3 Å². The summed E-state index contributed by atoms with van der Waals surface area (Å²) in [6, 6.07) is 3.38. The van der Waals surface area contributed by atoms with Crippen molar-refractivity contribution >= 4 is 12.6 Å². The largest absolute Gasteiger partial charge is 0.504 e. The first-order chi connectivity index (χ1) is 11.3. The Kier molecular flexibility index (Phi) is 3.39. The van der Waals surface area contributed by atoms with Gasteiger partial charge in [-0.05, 0) is 43.1 Å². The Labute approximate surface area is 143 Å². The summed E-state index contributed by atoms with van der Waals surface area (Å²) in [6.45, 7) is 6.87. The van der Waals surface area contributed by atoms with Gasteiger partial charge in [0.1, 0.15) is 0 Å². The summed E-state index contributed by atoms with van der Waals surface area (Å²) < 4.78 is 23.5. The van der Waals surface area contributed by atoms with E-state index in [2.05, 4.69) is 20.8 Å². The lowest BCUT2D eigenvalue weighted by Gasteiger charge is -2.64. The Morgan fingerprint density at radius 1 is 1.12 bits per heavy atom. The molecule has 4 aliphatic rings. The summed E-state index contributed by atoms with van der Waals surface area (Å²) in [5.74, 6) is 2.04. The second kappa shape index (κ2) is 5.05. The van der Waals surface area contributed by atoms with Crippen LogP contribution in [-0.4, -0.2) is 38.1 Å². The lowest BCUT2D eigenvalue weighted by Crippen LogP contribution is -2.65. The molecule has 3 saturated carbocycles. The molecule has 1 N–H and O–H groups in total. The summed E-state index contributed by atoms with van der Waals surface area (Å²) in [4.78, 5) is 0. The lowest BCUT2D eigenvalue weighted by molar-refractivity contribution is -0.199. The van der Waals surface area contributed by atoms with Crippen LogP contribution in [0.3, 0.4) is 0 Å². The third kappa shape index (κ3) is 1.90. The van der Waals surface area contributed by atoms with Crippen LogP contribution < -0.4 is 14.9 Å². The molecule has 1 aromatic carbocycles. The van der Waals surface area contributed by atoms with Gasteiger partial charge in [-0.3, -0.25) is 0 Å². The van der Waals surface area contributed by atoms with Crippen molar-refractivity contribution in [2.24, 2.45) is 17.3 Å². The minimum atomic E-state index is -0.500. The summed E-state index contributed by atoms with van der Waals surface area (Å²) in [6.07, 6.45) is 2.35. The van der Waals surface area contributed by atoms with Gasteiger partial charge in [0.05, 0.1) is 25.9 Å². The van der Waals surface area contributed by atoms with Crippen molar-refractivity contribution in [1.82, 2.24) is 0 Å². The summed E-state index contributed by atoms with van der Waals surface area (Å²) in [5, 5.41) is 9.98. The van der Waals surface area contributed by atoms with Crippen LogP contribution in [0.2, 0.25) is 0 Å². The first-order valence-corrected chi connectivity index (χ1v) is 8.60. The van der Waals surface area contributed by atoms with Crippen LogP contribution in [0.15, 0.2) is 12.1 Å². The zero-order chi connectivity index (χ0) is 17.3. The van der Waals surface area contributed by atoms with E-state index in [1.54, 1.807) is 19.2 Å². The predicted octanol–water partition coefficient (Wildman–Crippen LogP) is 2.34. The van der Waals surface area contributed by atoms with Crippen molar-refractivity contribution in [3.63, 3.8) is 0 Å². The fourth-order valence-electron chi connectivity index (χ4n) is 5.16. The second-order valence-corrected chi connectivity index (χ2v) is 8.04. The van der Waals surface area contributed by atoms with E-state index in [4.69, 9.17) is 18.8 Å². The Morgan fingerprint density at radius 3 is 2.46 bits per heavy atom. The van der Waals surface area contributed by atoms with Gasteiger partial charge in [0.15, 0.2) is 11.5 Å². The van der Waals surface area contributed by atoms with Crippen LogP contribution in [0.25, 0.3) is 0 Å². The van der Waals surface area contributed by atoms with Gasteiger partial charge in [0.25, 0.3) is 0 Å². The number of hydrogen-bond acceptors (Lipinski definition) is 5. The SMILES string of the molecule is COc1c(O)ccc(B2OC3CC4CC(C4(C)C)C3(C)O2)c1OC. The molecule has 4 unspecified atom stereocenters. The Balaban J connectivity index is 1.69. The Bertz CT molecular complexity index is 676. The minimum Gasteiger partial charge on any atom is -0.504 e. The number of aromatic hydroxyl groups is 1. The molecule has 0 aromatic heterocycles. The summed E-state index contributed by atoms with van der Waals surface area (Å²) in [7, 11) is 2.57. The molecule has 2 bridgehead atoms. The molecule has 1 heterocycles. The number of phenols is 1. The number of hydrogen-bond donors (Lipinski definition) is 1. The van der Waals surface area contributed by atoms with E-state index in [9.17, 15) is 5.11 Å². The van der Waals surface area contributed by atoms with Gasteiger partial charge in [0.2, 0.25) is 5.75 Å². The highest BCUT2D eigenvalue weighted by Crippen LogP contribution is 2.65. The Hall–Kier alpha value is -1.40. The molecule has 24 heavy (non-hydrogen) atoms. The smallest absolute Gasteiger partial charge is 0.498 e. The van der Waals surface area contributed by atoms with Gasteiger partial charge >= 0.3 is 7.12 Å². The number of rotatable bonds is 3. The fourth-order valence-corrected chi connectivity index (χ4v) is 5.16. The highest BCUT2D eigenvalue weighted by Gasteiger charge is 2.68. The summed E-state index contributed by atoms with van der Waals surface area (Å²) >= 11 is 0. The van der Waals surface area contributed by atoms with Gasteiger partial charge in [-0.15, -0.1) is 0 Å². The zero-order valence-corrected chi connectivity index (χ0v) is 15.0. The van der Waals surface area contributed by atoms with Gasteiger partial charge in [-0.25, -0.2) is 0 Å². The van der Waals surface area contributed by atoms with Crippen molar-refractivity contribution in [3.8, 4) is 17.2 Å².